The maximum atomic E-state index is 13.8. The molecule has 1 aromatic heterocycles. The molecule has 2 aliphatic rings. The van der Waals surface area contributed by atoms with E-state index in [1.54, 1.807) is 41.6 Å². The van der Waals surface area contributed by atoms with Gasteiger partial charge in [0.25, 0.3) is 11.6 Å². The van der Waals surface area contributed by atoms with Gasteiger partial charge in [0, 0.05) is 69.8 Å². The Bertz CT molecular complexity index is 1070. The molecule has 2 atom stereocenters. The number of likely N-dealkylation sites (tertiary alicyclic amines) is 1. The monoisotopic (exact) mass is 508 g/mol. The molecule has 1 N–H and O–H groups in total. The van der Waals surface area contributed by atoms with Crippen molar-refractivity contribution in [3.05, 3.63) is 70.0 Å². The number of nitrogens with zero attached hydrogens (tertiary/aromatic N) is 5. The first kappa shape index (κ1) is 26.7. The van der Waals surface area contributed by atoms with E-state index >= 15 is 0 Å². The number of amides is 2. The number of non-ortho nitro benzene ring substituents is 1. The van der Waals surface area contributed by atoms with Crippen molar-refractivity contribution in [2.24, 2.45) is 5.92 Å². The highest BCUT2D eigenvalue weighted by atomic mass is 16.6. The third kappa shape index (κ3) is 6.69. The average Bonchev–Trinajstić information content (AvgIpc) is 3.16. The molecule has 37 heavy (non-hydrogen) atoms. The highest BCUT2D eigenvalue weighted by molar-refractivity contribution is 5.97. The topological polar surface area (TPSA) is 112 Å². The Morgan fingerprint density at radius 3 is 2.65 bits per heavy atom. The van der Waals surface area contributed by atoms with Gasteiger partial charge in [-0.3, -0.25) is 29.6 Å². The summed E-state index contributed by atoms with van der Waals surface area (Å²) in [5.74, 6) is 0.192. The molecule has 0 saturated carbocycles. The lowest BCUT2D eigenvalue weighted by Gasteiger charge is -2.30. The Morgan fingerprint density at radius 2 is 1.97 bits per heavy atom. The van der Waals surface area contributed by atoms with Crippen molar-refractivity contribution >= 4 is 17.5 Å². The van der Waals surface area contributed by atoms with Crippen LogP contribution < -0.4 is 5.32 Å². The second kappa shape index (κ2) is 12.2. The van der Waals surface area contributed by atoms with E-state index in [-0.39, 0.29) is 23.5 Å². The standard InChI is InChI=1S/C27H36N6O4/c1-20(2)17-31(18-21-6-8-23(9-7-21)33(36)37)24-15-25(27(35)30-13-4-11-28-12-14-30)32(19-24)26(34)22-5-3-10-29-16-22/h3,5-10,16,20,24-25,28H,4,11-15,17-19H2,1-2H3. The van der Waals surface area contributed by atoms with Gasteiger partial charge in [0.1, 0.15) is 6.04 Å². The van der Waals surface area contributed by atoms with Crippen molar-refractivity contribution in [2.75, 3.05) is 39.3 Å². The molecule has 198 valence electrons. The normalized spacial score (nSPS) is 20.3. The van der Waals surface area contributed by atoms with Gasteiger partial charge in [-0.05, 0) is 43.0 Å². The molecule has 2 fully saturated rings. The molecular weight excluding hydrogens is 472 g/mol. The van der Waals surface area contributed by atoms with Crippen LogP contribution in [0, 0.1) is 16.0 Å². The van der Waals surface area contributed by atoms with Gasteiger partial charge in [-0.25, -0.2) is 0 Å². The van der Waals surface area contributed by atoms with Crippen molar-refractivity contribution < 1.29 is 14.5 Å². The summed E-state index contributed by atoms with van der Waals surface area (Å²) >= 11 is 0. The predicted molar refractivity (Wildman–Crippen MR) is 140 cm³/mol. The lowest BCUT2D eigenvalue weighted by molar-refractivity contribution is -0.384. The smallest absolute Gasteiger partial charge is 0.269 e. The Kier molecular flexibility index (Phi) is 8.83. The van der Waals surface area contributed by atoms with Crippen molar-refractivity contribution in [1.82, 2.24) is 25.0 Å². The number of hydrogen-bond donors (Lipinski definition) is 1. The SMILES string of the molecule is CC(C)CN(Cc1ccc([N+](=O)[O-])cc1)C1CC(C(=O)N2CCCNCC2)N(C(=O)c2cccnc2)C1. The minimum Gasteiger partial charge on any atom is -0.340 e. The number of hydrogen-bond acceptors (Lipinski definition) is 7. The van der Waals surface area contributed by atoms with Crippen LogP contribution in [0.3, 0.4) is 0 Å². The van der Waals surface area contributed by atoms with Gasteiger partial charge >= 0.3 is 0 Å². The Labute approximate surface area is 217 Å². The quantitative estimate of drug-likeness (QED) is 0.431. The molecule has 10 nitrogen and oxygen atoms in total. The molecule has 2 amide bonds. The van der Waals surface area contributed by atoms with Crippen LogP contribution in [0.15, 0.2) is 48.8 Å². The fraction of sp³-hybridized carbons (Fsp3) is 0.519. The number of carbonyl (C=O) groups is 2. The highest BCUT2D eigenvalue weighted by Gasteiger charge is 2.43. The summed E-state index contributed by atoms with van der Waals surface area (Å²) in [7, 11) is 0. The maximum Gasteiger partial charge on any atom is 0.269 e. The molecule has 0 radical (unpaired) electrons. The number of rotatable bonds is 8. The lowest BCUT2D eigenvalue weighted by Crippen LogP contribution is -2.48. The number of carbonyl (C=O) groups excluding carboxylic acids is 2. The van der Waals surface area contributed by atoms with E-state index in [0.717, 1.165) is 31.6 Å². The number of nitrogens with one attached hydrogen (secondary N) is 1. The third-order valence-corrected chi connectivity index (χ3v) is 7.03. The van der Waals surface area contributed by atoms with Crippen LogP contribution in [0.1, 0.15) is 42.6 Å². The zero-order valence-electron chi connectivity index (χ0n) is 21.6. The second-order valence-corrected chi connectivity index (χ2v) is 10.3. The number of pyridine rings is 1. The van der Waals surface area contributed by atoms with Crippen LogP contribution in [0.5, 0.6) is 0 Å². The maximum absolute atomic E-state index is 13.8. The molecule has 4 rings (SSSR count). The number of benzene rings is 1. The van der Waals surface area contributed by atoms with E-state index in [1.165, 1.54) is 12.1 Å². The first-order chi connectivity index (χ1) is 17.8. The highest BCUT2D eigenvalue weighted by Crippen LogP contribution is 2.28. The Balaban J connectivity index is 1.59. The average molecular weight is 509 g/mol. The van der Waals surface area contributed by atoms with Crippen LogP contribution >= 0.6 is 0 Å². The third-order valence-electron chi connectivity index (χ3n) is 7.03. The van der Waals surface area contributed by atoms with Gasteiger partial charge in [-0.2, -0.15) is 0 Å². The lowest BCUT2D eigenvalue weighted by atomic mass is 10.1. The van der Waals surface area contributed by atoms with Crippen LogP contribution in [0.4, 0.5) is 5.69 Å². The molecule has 10 heteroatoms. The molecule has 2 saturated heterocycles. The van der Waals surface area contributed by atoms with Crippen molar-refractivity contribution in [2.45, 2.75) is 45.3 Å². The number of nitro benzene ring substituents is 1. The van der Waals surface area contributed by atoms with Gasteiger partial charge in [-0.15, -0.1) is 0 Å². The fourth-order valence-electron chi connectivity index (χ4n) is 5.24. The van der Waals surface area contributed by atoms with Gasteiger partial charge in [0.05, 0.1) is 10.5 Å². The van der Waals surface area contributed by atoms with E-state index in [4.69, 9.17) is 0 Å². The summed E-state index contributed by atoms with van der Waals surface area (Å²) in [6, 6.07) is 9.53. The minimum atomic E-state index is -0.540. The molecule has 2 aromatic rings. The van der Waals surface area contributed by atoms with Crippen LogP contribution in [-0.4, -0.2) is 87.8 Å². The van der Waals surface area contributed by atoms with E-state index < -0.39 is 11.0 Å². The van der Waals surface area contributed by atoms with Crippen molar-refractivity contribution in [3.8, 4) is 0 Å². The molecule has 1 aromatic carbocycles. The molecular formula is C27H36N6O4. The molecule has 0 bridgehead atoms. The van der Waals surface area contributed by atoms with Crippen LogP contribution in [-0.2, 0) is 11.3 Å². The van der Waals surface area contributed by atoms with Gasteiger partial charge in [0.2, 0.25) is 5.91 Å². The molecule has 3 heterocycles. The molecule has 0 spiro atoms. The van der Waals surface area contributed by atoms with Gasteiger partial charge in [0.15, 0.2) is 0 Å². The zero-order valence-corrected chi connectivity index (χ0v) is 21.6. The molecule has 2 unspecified atom stereocenters. The summed E-state index contributed by atoms with van der Waals surface area (Å²) < 4.78 is 0. The van der Waals surface area contributed by atoms with Crippen molar-refractivity contribution in [3.63, 3.8) is 0 Å². The summed E-state index contributed by atoms with van der Waals surface area (Å²) in [6.07, 6.45) is 4.62. The first-order valence-electron chi connectivity index (χ1n) is 13.0. The zero-order chi connectivity index (χ0) is 26.4. The number of aromatic nitrogens is 1. The van der Waals surface area contributed by atoms with Crippen LogP contribution in [0.25, 0.3) is 0 Å². The Hall–Kier alpha value is -3.37. The summed E-state index contributed by atoms with van der Waals surface area (Å²) in [5.41, 5.74) is 1.50. The Morgan fingerprint density at radius 1 is 1.19 bits per heavy atom. The van der Waals surface area contributed by atoms with E-state index in [2.05, 4.69) is 29.0 Å². The van der Waals surface area contributed by atoms with E-state index in [9.17, 15) is 19.7 Å². The predicted octanol–water partition coefficient (Wildman–Crippen LogP) is 2.55. The van der Waals surface area contributed by atoms with Gasteiger partial charge < -0.3 is 15.1 Å². The fourth-order valence-corrected chi connectivity index (χ4v) is 5.24. The first-order valence-corrected chi connectivity index (χ1v) is 13.0. The largest absolute Gasteiger partial charge is 0.340 e. The minimum absolute atomic E-state index is 0.00303. The summed E-state index contributed by atoms with van der Waals surface area (Å²) in [6.45, 7) is 9.04. The number of nitro groups is 1. The van der Waals surface area contributed by atoms with E-state index in [1.807, 2.05) is 4.90 Å². The van der Waals surface area contributed by atoms with E-state index in [0.29, 0.717) is 44.1 Å². The molecule has 2 aliphatic heterocycles. The van der Waals surface area contributed by atoms with Crippen molar-refractivity contribution in [1.29, 1.82) is 0 Å². The summed E-state index contributed by atoms with van der Waals surface area (Å²) in [4.78, 5) is 48.0. The second-order valence-electron chi connectivity index (χ2n) is 10.3. The summed E-state index contributed by atoms with van der Waals surface area (Å²) in [5, 5.41) is 14.4. The molecule has 0 aliphatic carbocycles. The van der Waals surface area contributed by atoms with Gasteiger partial charge in [-0.1, -0.05) is 26.0 Å². The van der Waals surface area contributed by atoms with Crippen LogP contribution in [0.2, 0.25) is 0 Å².